The largest absolute Gasteiger partial charge is 0.438 e. The van der Waals surface area contributed by atoms with E-state index in [1.807, 2.05) is 0 Å². The smallest absolute Gasteiger partial charge is 0.310 e. The van der Waals surface area contributed by atoms with Crippen molar-refractivity contribution in [2.24, 2.45) is 5.92 Å². The van der Waals surface area contributed by atoms with Crippen molar-refractivity contribution in [2.75, 3.05) is 19.1 Å². The lowest BCUT2D eigenvalue weighted by Crippen LogP contribution is -2.43. The van der Waals surface area contributed by atoms with Crippen molar-refractivity contribution >= 4 is 34.4 Å². The second-order valence-electron chi connectivity index (χ2n) is 6.73. The van der Waals surface area contributed by atoms with Gasteiger partial charge in [-0.05, 0) is 17.7 Å². The van der Waals surface area contributed by atoms with Gasteiger partial charge in [0, 0.05) is 12.6 Å². The van der Waals surface area contributed by atoms with Crippen molar-refractivity contribution in [2.45, 2.75) is 38.2 Å². The summed E-state index contributed by atoms with van der Waals surface area (Å²) in [6, 6.07) is 1.74. The molecule has 28 heavy (non-hydrogen) atoms. The normalized spacial score (nSPS) is 24.6. The van der Waals surface area contributed by atoms with E-state index in [-0.39, 0.29) is 30.2 Å². The molecule has 3 N–H and O–H groups in total. The first-order chi connectivity index (χ1) is 13.3. The molecule has 0 spiro atoms. The van der Waals surface area contributed by atoms with E-state index in [2.05, 4.69) is 15.9 Å². The van der Waals surface area contributed by atoms with Crippen LogP contribution in [0.2, 0.25) is 5.28 Å². The molecule has 0 radical (unpaired) electrons. The third kappa shape index (κ3) is 3.64. The van der Waals surface area contributed by atoms with Crippen molar-refractivity contribution in [3.8, 4) is 12.3 Å². The standard InChI is InChI=1S/C18H21ClN4O5/c1-4-18(8-24)12(26-9-27-16(25)10(2)3)7-13(28-18)23-6-5-11-14(20)21-17(19)22-15(11)23/h1,5-6,10,12-13,24H,7-9H2,2-3H3,(H2,20,21,22)/t12-,13+,18+/m0/s1. The molecule has 0 aromatic carbocycles. The molecule has 3 atom stereocenters. The molecule has 0 aliphatic carbocycles. The Balaban J connectivity index is 1.83. The number of nitrogens with two attached hydrogens (primary N) is 1. The summed E-state index contributed by atoms with van der Waals surface area (Å²) in [5.41, 5.74) is 4.96. The Labute approximate surface area is 166 Å². The Morgan fingerprint density at radius 2 is 2.36 bits per heavy atom. The molecule has 0 unspecified atom stereocenters. The van der Waals surface area contributed by atoms with E-state index in [1.54, 1.807) is 30.7 Å². The second kappa shape index (κ2) is 7.93. The quantitative estimate of drug-likeness (QED) is 0.319. The van der Waals surface area contributed by atoms with Crippen LogP contribution >= 0.6 is 11.6 Å². The number of hydrogen-bond acceptors (Lipinski definition) is 8. The van der Waals surface area contributed by atoms with Gasteiger partial charge in [0.2, 0.25) is 5.28 Å². The van der Waals surface area contributed by atoms with Gasteiger partial charge in [-0.25, -0.2) is 4.98 Å². The molecule has 1 saturated heterocycles. The van der Waals surface area contributed by atoms with Gasteiger partial charge in [0.1, 0.15) is 23.8 Å². The van der Waals surface area contributed by atoms with Gasteiger partial charge in [0.25, 0.3) is 0 Å². The fraction of sp³-hybridized carbons (Fsp3) is 0.500. The van der Waals surface area contributed by atoms with E-state index in [4.69, 9.17) is 38.0 Å². The zero-order chi connectivity index (χ0) is 20.5. The highest BCUT2D eigenvalue weighted by atomic mass is 35.5. The molecule has 0 bridgehead atoms. The van der Waals surface area contributed by atoms with Gasteiger partial charge in [0.15, 0.2) is 12.4 Å². The molecule has 10 heteroatoms. The monoisotopic (exact) mass is 408 g/mol. The molecule has 0 amide bonds. The van der Waals surface area contributed by atoms with Crippen molar-refractivity contribution < 1.29 is 24.1 Å². The molecule has 1 aliphatic rings. The molecule has 0 saturated carbocycles. The van der Waals surface area contributed by atoms with E-state index in [0.29, 0.717) is 11.0 Å². The van der Waals surface area contributed by atoms with Gasteiger partial charge in [-0.15, -0.1) is 6.42 Å². The Morgan fingerprint density at radius 1 is 1.61 bits per heavy atom. The van der Waals surface area contributed by atoms with Gasteiger partial charge in [-0.1, -0.05) is 19.8 Å². The number of carbonyl (C=O) groups is 1. The van der Waals surface area contributed by atoms with Crippen LogP contribution in [-0.4, -0.2) is 50.7 Å². The van der Waals surface area contributed by atoms with Crippen LogP contribution in [0.3, 0.4) is 0 Å². The predicted molar refractivity (Wildman–Crippen MR) is 101 cm³/mol. The Kier molecular flexibility index (Phi) is 5.76. The molecule has 3 heterocycles. The number of aromatic nitrogens is 3. The molecular formula is C18H21ClN4O5. The van der Waals surface area contributed by atoms with Crippen LogP contribution in [0.4, 0.5) is 5.82 Å². The van der Waals surface area contributed by atoms with E-state index in [9.17, 15) is 9.90 Å². The molecule has 1 fully saturated rings. The second-order valence-corrected chi connectivity index (χ2v) is 7.07. The van der Waals surface area contributed by atoms with E-state index >= 15 is 0 Å². The number of hydrogen-bond donors (Lipinski definition) is 2. The summed E-state index contributed by atoms with van der Waals surface area (Å²) in [6.07, 6.45) is 6.32. The topological polar surface area (TPSA) is 122 Å². The highest BCUT2D eigenvalue weighted by Crippen LogP contribution is 2.40. The van der Waals surface area contributed by atoms with Gasteiger partial charge in [0.05, 0.1) is 17.9 Å². The van der Waals surface area contributed by atoms with Crippen molar-refractivity contribution in [3.05, 3.63) is 17.5 Å². The summed E-state index contributed by atoms with van der Waals surface area (Å²) in [4.78, 5) is 19.7. The molecule has 2 aromatic heterocycles. The first-order valence-electron chi connectivity index (χ1n) is 8.65. The maximum absolute atomic E-state index is 11.6. The SMILES string of the molecule is C#C[C@]1(CO)O[C@@H](n2ccc3c(N)nc(Cl)nc32)C[C@@H]1OCOC(=O)C(C)C. The van der Waals surface area contributed by atoms with Crippen LogP contribution in [0.15, 0.2) is 12.3 Å². The minimum absolute atomic E-state index is 0.00159. The summed E-state index contributed by atoms with van der Waals surface area (Å²) in [7, 11) is 0. The fourth-order valence-electron chi connectivity index (χ4n) is 3.03. The number of aliphatic hydroxyl groups excluding tert-OH is 1. The number of fused-ring (bicyclic) bond motifs is 1. The number of nitrogens with zero attached hydrogens (tertiary/aromatic N) is 3. The van der Waals surface area contributed by atoms with Crippen LogP contribution in [0.1, 0.15) is 26.5 Å². The lowest BCUT2D eigenvalue weighted by molar-refractivity contribution is -0.173. The average molecular weight is 409 g/mol. The number of terminal acetylenes is 1. The van der Waals surface area contributed by atoms with E-state index in [0.717, 1.165) is 0 Å². The average Bonchev–Trinajstić information content (AvgIpc) is 3.23. The number of halogens is 1. The lowest BCUT2D eigenvalue weighted by Gasteiger charge is -2.27. The lowest BCUT2D eigenvalue weighted by atomic mass is 9.99. The number of carbonyl (C=O) groups excluding carboxylic acids is 1. The first kappa shape index (κ1) is 20.4. The van der Waals surface area contributed by atoms with Gasteiger partial charge < -0.3 is 29.6 Å². The van der Waals surface area contributed by atoms with Gasteiger partial charge in [-0.2, -0.15) is 4.98 Å². The number of nitrogen functional groups attached to an aromatic ring is 1. The highest BCUT2D eigenvalue weighted by molar-refractivity contribution is 6.28. The zero-order valence-corrected chi connectivity index (χ0v) is 16.2. The minimum Gasteiger partial charge on any atom is -0.438 e. The molecular weight excluding hydrogens is 388 g/mol. The van der Waals surface area contributed by atoms with E-state index in [1.165, 1.54) is 0 Å². The van der Waals surface area contributed by atoms with Gasteiger partial charge >= 0.3 is 5.97 Å². The van der Waals surface area contributed by atoms with Crippen LogP contribution in [0.25, 0.3) is 11.0 Å². The number of anilines is 1. The molecule has 150 valence electrons. The molecule has 9 nitrogen and oxygen atoms in total. The Morgan fingerprint density at radius 3 is 3.00 bits per heavy atom. The predicted octanol–water partition coefficient (Wildman–Crippen LogP) is 1.49. The van der Waals surface area contributed by atoms with Gasteiger partial charge in [-0.3, -0.25) is 4.79 Å². The number of ether oxygens (including phenoxy) is 3. The molecule has 3 rings (SSSR count). The number of aliphatic hydroxyl groups is 1. The summed E-state index contributed by atoms with van der Waals surface area (Å²) >= 11 is 5.92. The molecule has 2 aromatic rings. The number of rotatable bonds is 6. The van der Waals surface area contributed by atoms with Crippen LogP contribution in [-0.2, 0) is 19.0 Å². The van der Waals surface area contributed by atoms with Crippen LogP contribution in [0.5, 0.6) is 0 Å². The fourth-order valence-corrected chi connectivity index (χ4v) is 3.20. The highest BCUT2D eigenvalue weighted by Gasteiger charge is 2.49. The van der Waals surface area contributed by atoms with E-state index < -0.39 is 30.5 Å². The zero-order valence-electron chi connectivity index (χ0n) is 15.5. The molecule has 1 aliphatic heterocycles. The van der Waals surface area contributed by atoms with Crippen molar-refractivity contribution in [3.63, 3.8) is 0 Å². The van der Waals surface area contributed by atoms with Crippen LogP contribution in [0, 0.1) is 18.3 Å². The van der Waals surface area contributed by atoms with Crippen molar-refractivity contribution in [1.82, 2.24) is 14.5 Å². The van der Waals surface area contributed by atoms with Crippen LogP contribution < -0.4 is 5.73 Å². The third-order valence-corrected chi connectivity index (χ3v) is 4.76. The number of esters is 1. The maximum Gasteiger partial charge on any atom is 0.310 e. The maximum atomic E-state index is 11.6. The Hall–Kier alpha value is -2.38. The summed E-state index contributed by atoms with van der Waals surface area (Å²) in [5, 5.41) is 10.5. The third-order valence-electron chi connectivity index (χ3n) is 4.59. The summed E-state index contributed by atoms with van der Waals surface area (Å²) in [6.45, 7) is 2.66. The first-order valence-corrected chi connectivity index (χ1v) is 9.03. The minimum atomic E-state index is -1.39. The summed E-state index contributed by atoms with van der Waals surface area (Å²) < 4.78 is 18.4. The van der Waals surface area contributed by atoms with Crippen molar-refractivity contribution in [1.29, 1.82) is 0 Å². The Bertz CT molecular complexity index is 925. The summed E-state index contributed by atoms with van der Waals surface area (Å²) in [5.74, 6) is 2.02.